The van der Waals surface area contributed by atoms with Crippen molar-refractivity contribution in [1.29, 1.82) is 0 Å². The van der Waals surface area contributed by atoms with E-state index >= 15 is 0 Å². The van der Waals surface area contributed by atoms with Gasteiger partial charge in [-0.05, 0) is 30.7 Å². The first kappa shape index (κ1) is 20.6. The molecule has 6 nitrogen and oxygen atoms in total. The SMILES string of the molecule is CC(=O)NC(CC(=O)Nc1ccc2oc(C(C)(C)C)nc2c1)c1ccc(C)cc1. The normalized spacial score (nSPS) is 12.6. The zero-order valence-electron chi connectivity index (χ0n) is 17.5. The minimum atomic E-state index is -0.392. The molecular formula is C23H27N3O3. The van der Waals surface area contributed by atoms with E-state index < -0.39 is 6.04 Å². The molecule has 0 saturated carbocycles. The predicted molar refractivity (Wildman–Crippen MR) is 114 cm³/mol. The molecular weight excluding hydrogens is 366 g/mol. The van der Waals surface area contributed by atoms with Gasteiger partial charge in [0.2, 0.25) is 17.7 Å². The van der Waals surface area contributed by atoms with Crippen LogP contribution >= 0.6 is 0 Å². The monoisotopic (exact) mass is 393 g/mol. The Kier molecular flexibility index (Phi) is 5.73. The maximum Gasteiger partial charge on any atom is 0.226 e. The average Bonchev–Trinajstić information content (AvgIpc) is 3.05. The number of nitrogens with one attached hydrogen (secondary N) is 2. The smallest absolute Gasteiger partial charge is 0.226 e. The van der Waals surface area contributed by atoms with E-state index in [-0.39, 0.29) is 23.7 Å². The van der Waals surface area contributed by atoms with Gasteiger partial charge in [-0.15, -0.1) is 0 Å². The first-order chi connectivity index (χ1) is 13.6. The van der Waals surface area contributed by atoms with E-state index in [1.165, 1.54) is 6.92 Å². The van der Waals surface area contributed by atoms with Crippen LogP contribution in [0.1, 0.15) is 57.2 Å². The van der Waals surface area contributed by atoms with Crippen LogP contribution < -0.4 is 10.6 Å². The Bertz CT molecular complexity index is 1030. The minimum absolute atomic E-state index is 0.132. The Morgan fingerprint density at radius 2 is 1.79 bits per heavy atom. The summed E-state index contributed by atoms with van der Waals surface area (Å²) in [5, 5.41) is 5.75. The number of nitrogens with zero attached hydrogens (tertiary/aromatic N) is 1. The lowest BCUT2D eigenvalue weighted by atomic mass is 9.97. The Labute approximate surface area is 170 Å². The van der Waals surface area contributed by atoms with E-state index in [4.69, 9.17) is 4.42 Å². The lowest BCUT2D eigenvalue weighted by Crippen LogP contribution is -2.29. The summed E-state index contributed by atoms with van der Waals surface area (Å²) in [5.41, 5.74) is 3.84. The number of aromatic nitrogens is 1. The zero-order valence-corrected chi connectivity index (χ0v) is 17.5. The van der Waals surface area contributed by atoms with Gasteiger partial charge in [0.15, 0.2) is 5.58 Å². The van der Waals surface area contributed by atoms with E-state index in [9.17, 15) is 9.59 Å². The number of aryl methyl sites for hydroxylation is 1. The van der Waals surface area contributed by atoms with Crippen molar-refractivity contribution in [3.05, 3.63) is 59.5 Å². The third-order valence-electron chi connectivity index (χ3n) is 4.56. The highest BCUT2D eigenvalue weighted by atomic mass is 16.3. The fraction of sp³-hybridized carbons (Fsp3) is 0.348. The van der Waals surface area contributed by atoms with Crippen LogP contribution in [0.4, 0.5) is 5.69 Å². The zero-order chi connectivity index (χ0) is 21.2. The molecule has 3 aromatic rings. The van der Waals surface area contributed by atoms with Crippen molar-refractivity contribution >= 4 is 28.6 Å². The molecule has 1 unspecified atom stereocenters. The fourth-order valence-corrected chi connectivity index (χ4v) is 3.02. The molecule has 2 N–H and O–H groups in total. The molecule has 1 atom stereocenters. The molecule has 152 valence electrons. The van der Waals surface area contributed by atoms with E-state index in [0.29, 0.717) is 22.7 Å². The second kappa shape index (κ2) is 8.07. The van der Waals surface area contributed by atoms with Crippen LogP contribution in [-0.4, -0.2) is 16.8 Å². The molecule has 6 heteroatoms. The quantitative estimate of drug-likeness (QED) is 0.661. The molecule has 0 fully saturated rings. The van der Waals surface area contributed by atoms with Crippen molar-refractivity contribution in [2.75, 3.05) is 5.32 Å². The molecule has 3 rings (SSSR count). The molecule has 0 aliphatic carbocycles. The third kappa shape index (κ3) is 5.22. The van der Waals surface area contributed by atoms with Crippen molar-refractivity contribution in [2.45, 2.75) is 52.5 Å². The molecule has 1 heterocycles. The number of hydrogen-bond acceptors (Lipinski definition) is 4. The number of carbonyl (C=O) groups is 2. The van der Waals surface area contributed by atoms with Gasteiger partial charge in [0.05, 0.1) is 12.5 Å². The van der Waals surface area contributed by atoms with Crippen molar-refractivity contribution in [2.24, 2.45) is 0 Å². The van der Waals surface area contributed by atoms with Gasteiger partial charge in [-0.2, -0.15) is 0 Å². The van der Waals surface area contributed by atoms with Gasteiger partial charge in [0.25, 0.3) is 0 Å². The lowest BCUT2D eigenvalue weighted by Gasteiger charge is -2.18. The van der Waals surface area contributed by atoms with Crippen LogP contribution in [0, 0.1) is 6.92 Å². The number of carbonyl (C=O) groups excluding carboxylic acids is 2. The van der Waals surface area contributed by atoms with E-state index in [1.807, 2.05) is 52.0 Å². The highest BCUT2D eigenvalue weighted by Crippen LogP contribution is 2.27. The van der Waals surface area contributed by atoms with E-state index in [1.54, 1.807) is 18.2 Å². The van der Waals surface area contributed by atoms with Gasteiger partial charge in [-0.3, -0.25) is 9.59 Å². The summed E-state index contributed by atoms with van der Waals surface area (Å²) in [6.07, 6.45) is 0.132. The topological polar surface area (TPSA) is 84.2 Å². The maximum atomic E-state index is 12.6. The average molecular weight is 393 g/mol. The van der Waals surface area contributed by atoms with Crippen LogP contribution in [0.5, 0.6) is 0 Å². The molecule has 0 aliphatic rings. The second-order valence-corrected chi connectivity index (χ2v) is 8.37. The largest absolute Gasteiger partial charge is 0.440 e. The second-order valence-electron chi connectivity index (χ2n) is 8.37. The van der Waals surface area contributed by atoms with Crippen molar-refractivity contribution in [3.63, 3.8) is 0 Å². The number of hydrogen-bond donors (Lipinski definition) is 2. The summed E-state index contributed by atoms with van der Waals surface area (Å²) in [6, 6.07) is 12.8. The summed E-state index contributed by atoms with van der Waals surface area (Å²) >= 11 is 0. The lowest BCUT2D eigenvalue weighted by molar-refractivity contribution is -0.120. The Morgan fingerprint density at radius 1 is 1.10 bits per heavy atom. The van der Waals surface area contributed by atoms with Crippen LogP contribution in [0.2, 0.25) is 0 Å². The molecule has 29 heavy (non-hydrogen) atoms. The predicted octanol–water partition coefficient (Wildman–Crippen LogP) is 4.64. The highest BCUT2D eigenvalue weighted by Gasteiger charge is 2.21. The van der Waals surface area contributed by atoms with Gasteiger partial charge < -0.3 is 15.1 Å². The van der Waals surface area contributed by atoms with Gasteiger partial charge in [-0.25, -0.2) is 4.98 Å². The molecule has 0 aliphatic heterocycles. The number of anilines is 1. The third-order valence-corrected chi connectivity index (χ3v) is 4.56. The highest BCUT2D eigenvalue weighted by molar-refractivity contribution is 5.93. The summed E-state index contributed by atoms with van der Waals surface area (Å²) in [5.74, 6) is 0.284. The first-order valence-electron chi connectivity index (χ1n) is 9.66. The molecule has 2 aromatic carbocycles. The molecule has 0 spiro atoms. The molecule has 0 saturated heterocycles. The van der Waals surface area contributed by atoms with Gasteiger partial charge in [0, 0.05) is 18.0 Å². The number of benzene rings is 2. The Morgan fingerprint density at radius 3 is 2.41 bits per heavy atom. The fourth-order valence-electron chi connectivity index (χ4n) is 3.02. The first-order valence-corrected chi connectivity index (χ1v) is 9.66. The van der Waals surface area contributed by atoms with Crippen LogP contribution in [0.3, 0.4) is 0 Å². The van der Waals surface area contributed by atoms with E-state index in [0.717, 1.165) is 11.1 Å². The molecule has 0 bridgehead atoms. The maximum absolute atomic E-state index is 12.6. The van der Waals surface area contributed by atoms with Gasteiger partial charge >= 0.3 is 0 Å². The number of rotatable bonds is 5. The summed E-state index contributed by atoms with van der Waals surface area (Å²) < 4.78 is 5.80. The molecule has 0 radical (unpaired) electrons. The number of oxazole rings is 1. The Balaban J connectivity index is 1.75. The van der Waals surface area contributed by atoms with Crippen LogP contribution in [0.25, 0.3) is 11.1 Å². The van der Waals surface area contributed by atoms with Crippen LogP contribution in [0.15, 0.2) is 46.9 Å². The molecule has 2 amide bonds. The number of fused-ring (bicyclic) bond motifs is 1. The summed E-state index contributed by atoms with van der Waals surface area (Å²) in [6.45, 7) is 9.55. The van der Waals surface area contributed by atoms with Crippen molar-refractivity contribution in [1.82, 2.24) is 10.3 Å². The summed E-state index contributed by atoms with van der Waals surface area (Å²) in [7, 11) is 0. The van der Waals surface area contributed by atoms with Gasteiger partial charge in [0.1, 0.15) is 5.52 Å². The van der Waals surface area contributed by atoms with Crippen LogP contribution in [-0.2, 0) is 15.0 Å². The minimum Gasteiger partial charge on any atom is -0.440 e. The molecule has 1 aromatic heterocycles. The standard InChI is InChI=1S/C23H27N3O3/c1-14-6-8-16(9-7-14)18(24-15(2)27)13-21(28)25-17-10-11-20-19(12-17)26-22(29-20)23(3,4)5/h6-12,18H,13H2,1-5H3,(H,24,27)(H,25,28). The van der Waals surface area contributed by atoms with E-state index in [2.05, 4.69) is 15.6 Å². The summed E-state index contributed by atoms with van der Waals surface area (Å²) in [4.78, 5) is 28.8. The van der Waals surface area contributed by atoms with Crippen molar-refractivity contribution in [3.8, 4) is 0 Å². The van der Waals surface area contributed by atoms with Gasteiger partial charge in [-0.1, -0.05) is 50.6 Å². The number of amides is 2. The van der Waals surface area contributed by atoms with Crippen molar-refractivity contribution < 1.29 is 14.0 Å². The Hall–Kier alpha value is -3.15.